The molecule has 0 radical (unpaired) electrons. The molecule has 0 N–H and O–H groups in total. The highest BCUT2D eigenvalue weighted by Crippen LogP contribution is 2.38. The molecule has 0 amide bonds. The maximum atomic E-state index is 3.96. The van der Waals surface area contributed by atoms with Crippen molar-refractivity contribution in [3.63, 3.8) is 0 Å². The van der Waals surface area contributed by atoms with E-state index in [-0.39, 0.29) is 0 Å². The maximum absolute atomic E-state index is 3.96. The van der Waals surface area contributed by atoms with Crippen molar-refractivity contribution in [2.45, 2.75) is 26.1 Å². The fourth-order valence-corrected chi connectivity index (χ4v) is 15.0. The molecule has 0 saturated carbocycles. The molecule has 2 nitrogen and oxygen atoms in total. The van der Waals surface area contributed by atoms with Gasteiger partial charge in [-0.1, -0.05) is 12.6 Å². The highest BCUT2D eigenvalue weighted by molar-refractivity contribution is 7.06. The Morgan fingerprint density at radius 3 is 1.92 bits per heavy atom. The molecule has 12 heavy (non-hydrogen) atoms. The summed E-state index contributed by atoms with van der Waals surface area (Å²) in [6.45, 7) is 11.1. The van der Waals surface area contributed by atoms with Crippen molar-refractivity contribution < 1.29 is 0 Å². The van der Waals surface area contributed by atoms with Crippen LogP contribution in [0.1, 0.15) is 6.92 Å². The van der Waals surface area contributed by atoms with E-state index < -0.39 is 16.8 Å². The third kappa shape index (κ3) is 0.922. The molecule has 1 heterocycles. The Hall–Kier alpha value is 0.0938. The van der Waals surface area contributed by atoms with Crippen LogP contribution >= 0.6 is 0 Å². The van der Waals surface area contributed by atoms with Crippen LogP contribution in [-0.2, 0) is 0 Å². The maximum Gasteiger partial charge on any atom is 0.216 e. The summed E-state index contributed by atoms with van der Waals surface area (Å²) < 4.78 is 5.29. The lowest BCUT2D eigenvalue weighted by Crippen LogP contribution is -2.88. The monoisotopic (exact) mass is 200 g/mol. The SMILES string of the molecule is C=C[Si]1(C)N(C)[Si](C)(CC)N1C. The highest BCUT2D eigenvalue weighted by atomic mass is 28.5. The van der Waals surface area contributed by atoms with Gasteiger partial charge in [-0.3, -0.25) is 0 Å². The Morgan fingerprint density at radius 1 is 1.25 bits per heavy atom. The van der Waals surface area contributed by atoms with Crippen LogP contribution in [0.3, 0.4) is 0 Å². The second kappa shape index (κ2) is 2.80. The van der Waals surface area contributed by atoms with Gasteiger partial charge in [0.15, 0.2) is 8.40 Å². The highest BCUT2D eigenvalue weighted by Gasteiger charge is 2.60. The average Bonchev–Trinajstić information content (AvgIpc) is 2.13. The van der Waals surface area contributed by atoms with E-state index in [2.05, 4.69) is 54.9 Å². The summed E-state index contributed by atoms with van der Waals surface area (Å²) in [4.78, 5) is 0. The topological polar surface area (TPSA) is 6.48 Å². The molecule has 0 aromatic rings. The number of nitrogens with zero attached hydrogens (tertiary/aromatic N) is 2. The zero-order valence-corrected chi connectivity index (χ0v) is 10.9. The van der Waals surface area contributed by atoms with Gasteiger partial charge in [0, 0.05) is 0 Å². The first kappa shape index (κ1) is 10.2. The molecule has 0 spiro atoms. The molecule has 0 atom stereocenters. The van der Waals surface area contributed by atoms with E-state index in [0.29, 0.717) is 0 Å². The van der Waals surface area contributed by atoms with Gasteiger partial charge in [0.25, 0.3) is 0 Å². The molecule has 1 aliphatic heterocycles. The van der Waals surface area contributed by atoms with Gasteiger partial charge in [-0.05, 0) is 33.2 Å². The van der Waals surface area contributed by atoms with Crippen LogP contribution in [0.2, 0.25) is 19.1 Å². The smallest absolute Gasteiger partial charge is 0.216 e. The lowest BCUT2D eigenvalue weighted by atomic mass is 11.0. The van der Waals surface area contributed by atoms with Crippen LogP contribution < -0.4 is 0 Å². The molecule has 1 aliphatic rings. The quantitative estimate of drug-likeness (QED) is 0.627. The molecule has 0 bridgehead atoms. The van der Waals surface area contributed by atoms with Crippen LogP contribution in [0, 0.1) is 0 Å². The van der Waals surface area contributed by atoms with E-state index in [0.717, 1.165) is 0 Å². The number of rotatable bonds is 2. The van der Waals surface area contributed by atoms with Crippen molar-refractivity contribution in [2.75, 3.05) is 14.1 Å². The van der Waals surface area contributed by atoms with Crippen molar-refractivity contribution >= 4 is 16.8 Å². The minimum atomic E-state index is -1.34. The number of hydrogen-bond acceptors (Lipinski definition) is 2. The van der Waals surface area contributed by atoms with Crippen LogP contribution in [-0.4, -0.2) is 39.4 Å². The van der Waals surface area contributed by atoms with Crippen LogP contribution in [0.15, 0.2) is 12.3 Å². The molecule has 0 aromatic carbocycles. The van der Waals surface area contributed by atoms with Gasteiger partial charge >= 0.3 is 0 Å². The summed E-state index contributed by atoms with van der Waals surface area (Å²) in [6.07, 6.45) is 0. The molecule has 1 fully saturated rings. The van der Waals surface area contributed by atoms with E-state index in [1.165, 1.54) is 6.04 Å². The predicted molar refractivity (Wildman–Crippen MR) is 59.4 cm³/mol. The van der Waals surface area contributed by atoms with Crippen LogP contribution in [0.4, 0.5) is 0 Å². The third-order valence-electron chi connectivity index (χ3n) is 3.86. The molecule has 0 aromatic heterocycles. The Labute approximate surface area is 78.2 Å². The minimum Gasteiger partial charge on any atom is -0.322 e. The average molecular weight is 200 g/mol. The van der Waals surface area contributed by atoms with Gasteiger partial charge in [-0.15, -0.1) is 6.58 Å². The Morgan fingerprint density at radius 2 is 1.67 bits per heavy atom. The zero-order chi connectivity index (χ0) is 9.57. The third-order valence-corrected chi connectivity index (χ3v) is 17.2. The normalized spacial score (nSPS) is 44.1. The van der Waals surface area contributed by atoms with Gasteiger partial charge in [0.05, 0.1) is 0 Å². The predicted octanol–water partition coefficient (Wildman–Crippen LogP) is 1.75. The molecule has 0 unspecified atom stereocenters. The summed E-state index contributed by atoms with van der Waals surface area (Å²) in [5.41, 5.74) is 2.18. The van der Waals surface area contributed by atoms with Crippen molar-refractivity contribution in [3.05, 3.63) is 12.3 Å². The number of hydrogen-bond donors (Lipinski definition) is 0. The van der Waals surface area contributed by atoms with Gasteiger partial charge in [-0.25, -0.2) is 0 Å². The first-order valence-electron chi connectivity index (χ1n) is 4.55. The lowest BCUT2D eigenvalue weighted by Gasteiger charge is -2.66. The first-order valence-corrected chi connectivity index (χ1v) is 9.62. The van der Waals surface area contributed by atoms with E-state index in [1.54, 1.807) is 0 Å². The van der Waals surface area contributed by atoms with E-state index >= 15 is 0 Å². The fourth-order valence-electron chi connectivity index (χ4n) is 2.13. The molecule has 4 heteroatoms. The van der Waals surface area contributed by atoms with E-state index in [1.807, 2.05) is 0 Å². The molecule has 1 saturated heterocycles. The summed E-state index contributed by atoms with van der Waals surface area (Å²) >= 11 is 0. The second-order valence-corrected chi connectivity index (χ2v) is 13.3. The minimum absolute atomic E-state index is 1.18. The zero-order valence-electron chi connectivity index (χ0n) is 8.89. The Kier molecular flexibility index (Phi) is 2.37. The van der Waals surface area contributed by atoms with Gasteiger partial charge < -0.3 is 8.46 Å². The fraction of sp³-hybridized carbons (Fsp3) is 0.750. The van der Waals surface area contributed by atoms with Crippen molar-refractivity contribution in [1.29, 1.82) is 0 Å². The molecule has 70 valence electrons. The van der Waals surface area contributed by atoms with Gasteiger partial charge in [0.2, 0.25) is 8.40 Å². The van der Waals surface area contributed by atoms with E-state index in [9.17, 15) is 0 Å². The van der Waals surface area contributed by atoms with Crippen LogP contribution in [0.25, 0.3) is 0 Å². The standard InChI is InChI=1S/C8H20N2Si2/c1-7-11(5)9(3)12(6,8-2)10(11)4/h7H,1,8H2,2-6H3. The molecular formula is C8H20N2Si2. The molecule has 1 rings (SSSR count). The molecular weight excluding hydrogens is 180 g/mol. The second-order valence-electron chi connectivity index (χ2n) is 3.99. The summed E-state index contributed by atoms with van der Waals surface area (Å²) in [6, 6.07) is 1.32. The summed E-state index contributed by atoms with van der Waals surface area (Å²) in [5.74, 6) is 0. The van der Waals surface area contributed by atoms with Gasteiger partial charge in [0.1, 0.15) is 0 Å². The van der Waals surface area contributed by atoms with E-state index in [4.69, 9.17) is 0 Å². The van der Waals surface area contributed by atoms with Gasteiger partial charge in [-0.2, -0.15) is 0 Å². The molecule has 0 aliphatic carbocycles. The van der Waals surface area contributed by atoms with Crippen molar-refractivity contribution in [1.82, 2.24) is 8.46 Å². The Balaban J connectivity index is 2.88. The Bertz CT molecular complexity index is 195. The van der Waals surface area contributed by atoms with Crippen molar-refractivity contribution in [3.8, 4) is 0 Å². The largest absolute Gasteiger partial charge is 0.322 e. The first-order chi connectivity index (χ1) is 5.43. The van der Waals surface area contributed by atoms with Crippen LogP contribution in [0.5, 0.6) is 0 Å². The summed E-state index contributed by atoms with van der Waals surface area (Å²) in [5, 5.41) is 0. The lowest BCUT2D eigenvalue weighted by molar-refractivity contribution is 0.482. The van der Waals surface area contributed by atoms with Crippen molar-refractivity contribution in [2.24, 2.45) is 0 Å². The summed E-state index contributed by atoms with van der Waals surface area (Å²) in [7, 11) is 2.04.